The fraction of sp³-hybridized carbons (Fsp3) is 0.150. The summed E-state index contributed by atoms with van der Waals surface area (Å²) in [5.41, 5.74) is 3.99. The first-order valence-electron chi connectivity index (χ1n) is 8.59. The molecule has 2 aromatic heterocycles. The van der Waals surface area contributed by atoms with Gasteiger partial charge in [-0.1, -0.05) is 42.1 Å². The largest absolute Gasteiger partial charge is 0.496 e. The van der Waals surface area contributed by atoms with E-state index in [0.29, 0.717) is 22.6 Å². The smallest absolute Gasteiger partial charge is 0.277 e. The standard InChI is InChI=1S/C20H18N4O2S2/c1-13-7-3-5-9-16(13)22-19-21-14(11-27-19)12-28-20-24-23-18(26-20)15-8-4-6-10-17(15)25-2/h3-11H,12H2,1-2H3,(H,21,22). The zero-order valence-electron chi connectivity index (χ0n) is 15.4. The summed E-state index contributed by atoms with van der Waals surface area (Å²) in [5.74, 6) is 1.80. The number of aryl methyl sites for hydroxylation is 1. The molecule has 2 aromatic carbocycles. The van der Waals surface area contributed by atoms with E-state index in [-0.39, 0.29) is 0 Å². The van der Waals surface area contributed by atoms with Crippen LogP contribution < -0.4 is 10.1 Å². The van der Waals surface area contributed by atoms with Crippen LogP contribution in [0.1, 0.15) is 11.3 Å². The fourth-order valence-corrected chi connectivity index (χ4v) is 4.08. The lowest BCUT2D eigenvalue weighted by atomic mass is 10.2. The molecule has 0 aliphatic rings. The molecule has 142 valence electrons. The van der Waals surface area contributed by atoms with Crippen LogP contribution in [-0.2, 0) is 5.75 Å². The Kier molecular flexibility index (Phi) is 5.59. The first-order chi connectivity index (χ1) is 13.7. The number of nitrogens with zero attached hydrogens (tertiary/aromatic N) is 3. The van der Waals surface area contributed by atoms with Crippen LogP contribution in [0.15, 0.2) is 63.6 Å². The maximum Gasteiger partial charge on any atom is 0.277 e. The van der Waals surface area contributed by atoms with Crippen LogP contribution >= 0.6 is 23.1 Å². The highest BCUT2D eigenvalue weighted by molar-refractivity contribution is 7.98. The van der Waals surface area contributed by atoms with E-state index in [1.807, 2.05) is 47.8 Å². The van der Waals surface area contributed by atoms with E-state index in [0.717, 1.165) is 22.1 Å². The van der Waals surface area contributed by atoms with Gasteiger partial charge in [0.15, 0.2) is 5.13 Å². The van der Waals surface area contributed by atoms with E-state index in [4.69, 9.17) is 9.15 Å². The number of ether oxygens (including phenoxy) is 1. The lowest BCUT2D eigenvalue weighted by molar-refractivity contribution is 0.411. The number of thiazole rings is 1. The second-order valence-corrected chi connectivity index (χ2v) is 7.73. The zero-order chi connectivity index (χ0) is 19.3. The molecule has 0 aliphatic carbocycles. The summed E-state index contributed by atoms with van der Waals surface area (Å²) in [5, 5.41) is 15.0. The average molecular weight is 411 g/mol. The molecule has 1 N–H and O–H groups in total. The number of thioether (sulfide) groups is 1. The van der Waals surface area contributed by atoms with Gasteiger partial charge in [-0.15, -0.1) is 21.5 Å². The van der Waals surface area contributed by atoms with Gasteiger partial charge >= 0.3 is 0 Å². The van der Waals surface area contributed by atoms with Crippen molar-refractivity contribution in [2.75, 3.05) is 12.4 Å². The van der Waals surface area contributed by atoms with E-state index < -0.39 is 0 Å². The molecule has 8 heteroatoms. The molecule has 4 rings (SSSR count). The Bertz CT molecular complexity index is 1080. The lowest BCUT2D eigenvalue weighted by Gasteiger charge is -2.05. The van der Waals surface area contributed by atoms with Crippen molar-refractivity contribution in [2.45, 2.75) is 17.9 Å². The Morgan fingerprint density at radius 1 is 1.11 bits per heavy atom. The first kappa shape index (κ1) is 18.5. The van der Waals surface area contributed by atoms with E-state index >= 15 is 0 Å². The summed E-state index contributed by atoms with van der Waals surface area (Å²) in [6.07, 6.45) is 0. The van der Waals surface area contributed by atoms with Crippen molar-refractivity contribution in [3.63, 3.8) is 0 Å². The van der Waals surface area contributed by atoms with Gasteiger partial charge in [0.1, 0.15) is 5.75 Å². The number of para-hydroxylation sites is 2. The minimum Gasteiger partial charge on any atom is -0.496 e. The molecule has 6 nitrogen and oxygen atoms in total. The Labute approximate surface area is 171 Å². The maximum absolute atomic E-state index is 5.77. The summed E-state index contributed by atoms with van der Waals surface area (Å²) >= 11 is 3.04. The highest BCUT2D eigenvalue weighted by atomic mass is 32.2. The van der Waals surface area contributed by atoms with Gasteiger partial charge in [-0.3, -0.25) is 0 Å². The van der Waals surface area contributed by atoms with Crippen LogP contribution in [0.3, 0.4) is 0 Å². The Morgan fingerprint density at radius 3 is 2.79 bits per heavy atom. The zero-order valence-corrected chi connectivity index (χ0v) is 17.0. The van der Waals surface area contributed by atoms with Crippen LogP contribution in [0.2, 0.25) is 0 Å². The molecule has 28 heavy (non-hydrogen) atoms. The van der Waals surface area contributed by atoms with Gasteiger partial charge < -0.3 is 14.5 Å². The Morgan fingerprint density at radius 2 is 1.93 bits per heavy atom. The fourth-order valence-electron chi connectivity index (χ4n) is 2.59. The predicted octanol–water partition coefficient (Wildman–Crippen LogP) is 5.55. The van der Waals surface area contributed by atoms with Crippen LogP contribution in [0.4, 0.5) is 10.8 Å². The average Bonchev–Trinajstić information content (AvgIpc) is 3.37. The minimum absolute atomic E-state index is 0.445. The molecule has 0 spiro atoms. The number of aromatic nitrogens is 3. The highest BCUT2D eigenvalue weighted by Crippen LogP contribution is 2.32. The van der Waals surface area contributed by atoms with Crippen LogP contribution in [0.5, 0.6) is 5.75 Å². The third-order valence-electron chi connectivity index (χ3n) is 4.03. The number of methoxy groups -OCH3 is 1. The third-order valence-corrected chi connectivity index (χ3v) is 5.68. The van der Waals surface area contributed by atoms with Gasteiger partial charge in [0.25, 0.3) is 11.1 Å². The third kappa shape index (κ3) is 4.18. The number of benzene rings is 2. The summed E-state index contributed by atoms with van der Waals surface area (Å²) in [6.45, 7) is 2.07. The second-order valence-electron chi connectivity index (χ2n) is 5.95. The van der Waals surface area contributed by atoms with Crippen LogP contribution in [-0.4, -0.2) is 22.3 Å². The SMILES string of the molecule is COc1ccccc1-c1nnc(SCc2csc(Nc3ccccc3C)n2)o1. The van der Waals surface area contributed by atoms with E-state index in [2.05, 4.69) is 33.5 Å². The van der Waals surface area contributed by atoms with Gasteiger partial charge in [0.05, 0.1) is 18.4 Å². The van der Waals surface area contributed by atoms with E-state index in [1.54, 1.807) is 18.4 Å². The molecule has 4 aromatic rings. The molecule has 0 unspecified atom stereocenters. The lowest BCUT2D eigenvalue weighted by Crippen LogP contribution is -1.92. The quantitative estimate of drug-likeness (QED) is 0.401. The Balaban J connectivity index is 1.40. The van der Waals surface area contributed by atoms with Crippen molar-refractivity contribution in [3.05, 3.63) is 65.2 Å². The second kappa shape index (κ2) is 8.45. The normalized spacial score (nSPS) is 10.8. The minimum atomic E-state index is 0.445. The van der Waals surface area contributed by atoms with Gasteiger partial charge in [-0.25, -0.2) is 4.98 Å². The van der Waals surface area contributed by atoms with Crippen molar-refractivity contribution >= 4 is 33.9 Å². The molecule has 0 bridgehead atoms. The molecule has 0 amide bonds. The molecular formula is C20H18N4O2S2. The van der Waals surface area contributed by atoms with Crippen molar-refractivity contribution in [1.82, 2.24) is 15.2 Å². The maximum atomic E-state index is 5.77. The molecule has 0 aliphatic heterocycles. The monoisotopic (exact) mass is 410 g/mol. The summed E-state index contributed by atoms with van der Waals surface area (Å²) in [6, 6.07) is 15.7. The topological polar surface area (TPSA) is 73.1 Å². The van der Waals surface area contributed by atoms with E-state index in [1.165, 1.54) is 17.3 Å². The first-order valence-corrected chi connectivity index (χ1v) is 10.5. The van der Waals surface area contributed by atoms with Gasteiger partial charge in [0, 0.05) is 16.8 Å². The van der Waals surface area contributed by atoms with Gasteiger partial charge in [0.2, 0.25) is 0 Å². The number of hydrogen-bond acceptors (Lipinski definition) is 8. The predicted molar refractivity (Wildman–Crippen MR) is 112 cm³/mol. The molecule has 0 saturated carbocycles. The molecule has 2 heterocycles. The summed E-state index contributed by atoms with van der Waals surface area (Å²) in [7, 11) is 1.62. The molecule has 0 radical (unpaired) electrons. The molecule has 0 fully saturated rings. The van der Waals surface area contributed by atoms with Gasteiger partial charge in [-0.2, -0.15) is 0 Å². The van der Waals surface area contributed by atoms with Crippen LogP contribution in [0, 0.1) is 6.92 Å². The molecule has 0 atom stereocenters. The number of hydrogen-bond donors (Lipinski definition) is 1. The molecular weight excluding hydrogens is 392 g/mol. The van der Waals surface area contributed by atoms with Crippen molar-refractivity contribution in [3.8, 4) is 17.2 Å². The summed E-state index contributed by atoms with van der Waals surface area (Å²) in [4.78, 5) is 4.63. The highest BCUT2D eigenvalue weighted by Gasteiger charge is 2.14. The number of nitrogens with one attached hydrogen (secondary N) is 1. The van der Waals surface area contributed by atoms with Gasteiger partial charge in [-0.05, 0) is 30.7 Å². The van der Waals surface area contributed by atoms with Crippen LogP contribution in [0.25, 0.3) is 11.5 Å². The van der Waals surface area contributed by atoms with Crippen molar-refractivity contribution in [1.29, 1.82) is 0 Å². The Hall–Kier alpha value is -2.84. The summed E-state index contributed by atoms with van der Waals surface area (Å²) < 4.78 is 11.1. The number of anilines is 2. The van der Waals surface area contributed by atoms with Crippen molar-refractivity contribution in [2.24, 2.45) is 0 Å². The molecule has 0 saturated heterocycles. The number of rotatable bonds is 7. The van der Waals surface area contributed by atoms with E-state index in [9.17, 15) is 0 Å². The van der Waals surface area contributed by atoms with Crippen molar-refractivity contribution < 1.29 is 9.15 Å².